The summed E-state index contributed by atoms with van der Waals surface area (Å²) in [5, 5.41) is 7.63. The molecule has 1 N–H and O–H groups in total. The maximum Gasteiger partial charge on any atom is 0.226 e. The third-order valence-electron chi connectivity index (χ3n) is 5.32. The SMILES string of the molecule is Cc1cnn(C2CCC(NC(=O)Cc3cnc4c(C)cccn34)CC2)c1. The fourth-order valence-electron chi connectivity index (χ4n) is 3.89. The number of nitrogens with one attached hydrogen (secondary N) is 1. The molecule has 3 heterocycles. The van der Waals surface area contributed by atoms with Crippen LogP contribution in [0.3, 0.4) is 0 Å². The zero-order chi connectivity index (χ0) is 18.1. The Hall–Kier alpha value is -2.63. The summed E-state index contributed by atoms with van der Waals surface area (Å²) in [5.41, 5.74) is 4.17. The van der Waals surface area contributed by atoms with E-state index in [0.29, 0.717) is 12.5 Å². The maximum atomic E-state index is 12.5. The number of aromatic nitrogens is 4. The van der Waals surface area contributed by atoms with Gasteiger partial charge in [0.1, 0.15) is 5.65 Å². The molecule has 0 radical (unpaired) electrons. The zero-order valence-corrected chi connectivity index (χ0v) is 15.4. The molecule has 3 aromatic heterocycles. The van der Waals surface area contributed by atoms with E-state index in [-0.39, 0.29) is 11.9 Å². The number of amides is 1. The van der Waals surface area contributed by atoms with E-state index in [1.54, 1.807) is 6.20 Å². The van der Waals surface area contributed by atoms with Crippen LogP contribution in [0, 0.1) is 13.8 Å². The van der Waals surface area contributed by atoms with E-state index in [1.807, 2.05) is 35.9 Å². The van der Waals surface area contributed by atoms with Gasteiger partial charge in [-0.05, 0) is 56.7 Å². The highest BCUT2D eigenvalue weighted by molar-refractivity contribution is 5.78. The molecule has 1 amide bonds. The maximum absolute atomic E-state index is 12.5. The van der Waals surface area contributed by atoms with Gasteiger partial charge >= 0.3 is 0 Å². The van der Waals surface area contributed by atoms with Gasteiger partial charge in [0, 0.05) is 24.6 Å². The predicted octanol–water partition coefficient (Wildman–Crippen LogP) is 2.99. The van der Waals surface area contributed by atoms with Crippen LogP contribution in [0.5, 0.6) is 0 Å². The van der Waals surface area contributed by atoms with Crippen LogP contribution < -0.4 is 5.32 Å². The first kappa shape index (κ1) is 16.8. The van der Waals surface area contributed by atoms with Crippen molar-refractivity contribution in [3.63, 3.8) is 0 Å². The molecule has 26 heavy (non-hydrogen) atoms. The summed E-state index contributed by atoms with van der Waals surface area (Å²) >= 11 is 0. The van der Waals surface area contributed by atoms with E-state index in [2.05, 4.69) is 33.2 Å². The molecule has 136 valence electrons. The Labute approximate surface area is 153 Å². The van der Waals surface area contributed by atoms with Crippen molar-refractivity contribution in [2.45, 2.75) is 58.0 Å². The summed E-state index contributed by atoms with van der Waals surface area (Å²) in [5.74, 6) is 0.0756. The molecule has 0 spiro atoms. The molecule has 6 heteroatoms. The molecule has 3 aromatic rings. The van der Waals surface area contributed by atoms with Crippen molar-refractivity contribution in [2.24, 2.45) is 0 Å². The highest BCUT2D eigenvalue weighted by Crippen LogP contribution is 2.28. The van der Waals surface area contributed by atoms with Crippen molar-refractivity contribution < 1.29 is 4.79 Å². The Bertz CT molecular complexity index is 917. The third kappa shape index (κ3) is 3.36. The van der Waals surface area contributed by atoms with Crippen LogP contribution in [0.1, 0.15) is 48.5 Å². The topological polar surface area (TPSA) is 64.2 Å². The molecule has 0 saturated heterocycles. The Morgan fingerprint density at radius 1 is 1.23 bits per heavy atom. The summed E-state index contributed by atoms with van der Waals surface area (Å²) in [6.07, 6.45) is 12.3. The van der Waals surface area contributed by atoms with E-state index in [9.17, 15) is 4.79 Å². The second-order valence-corrected chi connectivity index (χ2v) is 7.38. The van der Waals surface area contributed by atoms with Crippen LogP contribution in [0.15, 0.2) is 36.9 Å². The van der Waals surface area contributed by atoms with Gasteiger partial charge in [-0.15, -0.1) is 0 Å². The average Bonchev–Trinajstić information content (AvgIpc) is 3.23. The van der Waals surface area contributed by atoms with E-state index >= 15 is 0 Å². The van der Waals surface area contributed by atoms with Crippen LogP contribution in [-0.4, -0.2) is 31.1 Å². The number of hydrogen-bond donors (Lipinski definition) is 1. The highest BCUT2D eigenvalue weighted by Gasteiger charge is 2.24. The van der Waals surface area contributed by atoms with Gasteiger partial charge in [0.2, 0.25) is 5.91 Å². The molecule has 0 bridgehead atoms. The highest BCUT2D eigenvalue weighted by atomic mass is 16.1. The standard InChI is InChI=1S/C20H25N5O/c1-14-11-22-25(13-14)17-7-5-16(6-8-17)23-19(26)10-18-12-21-20-15(2)4-3-9-24(18)20/h3-4,9,11-13,16-17H,5-8,10H2,1-2H3,(H,23,26). The first-order valence-electron chi connectivity index (χ1n) is 9.32. The van der Waals surface area contributed by atoms with Crippen molar-refractivity contribution in [1.29, 1.82) is 0 Å². The van der Waals surface area contributed by atoms with Crippen LogP contribution in [0.2, 0.25) is 0 Å². The molecule has 4 rings (SSSR count). The third-order valence-corrected chi connectivity index (χ3v) is 5.32. The van der Waals surface area contributed by atoms with Gasteiger partial charge in [-0.1, -0.05) is 6.07 Å². The quantitative estimate of drug-likeness (QED) is 0.786. The summed E-state index contributed by atoms with van der Waals surface area (Å²) in [4.78, 5) is 16.9. The van der Waals surface area contributed by atoms with Crippen molar-refractivity contribution in [2.75, 3.05) is 0 Å². The van der Waals surface area contributed by atoms with Crippen molar-refractivity contribution in [1.82, 2.24) is 24.5 Å². The second kappa shape index (κ2) is 6.94. The number of imidazole rings is 1. The van der Waals surface area contributed by atoms with Gasteiger partial charge in [0.25, 0.3) is 0 Å². The Kier molecular flexibility index (Phi) is 4.49. The van der Waals surface area contributed by atoms with Gasteiger partial charge in [-0.25, -0.2) is 4.98 Å². The second-order valence-electron chi connectivity index (χ2n) is 7.38. The van der Waals surface area contributed by atoms with Crippen molar-refractivity contribution >= 4 is 11.6 Å². The molecule has 1 saturated carbocycles. The molecule has 0 aromatic carbocycles. The predicted molar refractivity (Wildman–Crippen MR) is 100 cm³/mol. The number of rotatable bonds is 4. The number of fused-ring (bicyclic) bond motifs is 1. The summed E-state index contributed by atoms with van der Waals surface area (Å²) in [7, 11) is 0. The molecule has 6 nitrogen and oxygen atoms in total. The minimum absolute atomic E-state index is 0.0756. The van der Waals surface area contributed by atoms with Gasteiger partial charge in [0.05, 0.1) is 24.4 Å². The molecule has 0 atom stereocenters. The number of pyridine rings is 1. The minimum atomic E-state index is 0.0756. The Morgan fingerprint density at radius 3 is 2.77 bits per heavy atom. The fourth-order valence-corrected chi connectivity index (χ4v) is 3.89. The summed E-state index contributed by atoms with van der Waals surface area (Å²) in [6.45, 7) is 4.10. The lowest BCUT2D eigenvalue weighted by molar-refractivity contribution is -0.121. The first-order valence-corrected chi connectivity index (χ1v) is 9.32. The van der Waals surface area contributed by atoms with Crippen LogP contribution in [0.25, 0.3) is 5.65 Å². The average molecular weight is 351 g/mol. The monoisotopic (exact) mass is 351 g/mol. The first-order chi connectivity index (χ1) is 12.6. The summed E-state index contributed by atoms with van der Waals surface area (Å²) in [6, 6.07) is 4.74. The molecule has 1 aliphatic carbocycles. The summed E-state index contributed by atoms with van der Waals surface area (Å²) < 4.78 is 4.08. The van der Waals surface area contributed by atoms with Crippen LogP contribution in [0.4, 0.5) is 0 Å². The van der Waals surface area contributed by atoms with Gasteiger partial charge < -0.3 is 9.72 Å². The van der Waals surface area contributed by atoms with E-state index in [0.717, 1.165) is 42.6 Å². The Balaban J connectivity index is 1.33. The smallest absolute Gasteiger partial charge is 0.226 e. The van der Waals surface area contributed by atoms with Crippen LogP contribution in [-0.2, 0) is 11.2 Å². The van der Waals surface area contributed by atoms with Gasteiger partial charge in [0.15, 0.2) is 0 Å². The molecule has 0 aliphatic heterocycles. The van der Waals surface area contributed by atoms with Gasteiger partial charge in [-0.2, -0.15) is 5.10 Å². The van der Waals surface area contributed by atoms with Crippen molar-refractivity contribution in [3.05, 3.63) is 53.7 Å². The fraction of sp³-hybridized carbons (Fsp3) is 0.450. The zero-order valence-electron chi connectivity index (χ0n) is 15.4. The van der Waals surface area contributed by atoms with E-state index in [4.69, 9.17) is 0 Å². The number of carbonyl (C=O) groups is 1. The minimum Gasteiger partial charge on any atom is -0.353 e. The molecule has 1 fully saturated rings. The molecular weight excluding hydrogens is 326 g/mol. The number of nitrogens with zero attached hydrogens (tertiary/aromatic N) is 4. The van der Waals surface area contributed by atoms with Crippen LogP contribution >= 0.6 is 0 Å². The lowest BCUT2D eigenvalue weighted by atomic mass is 9.91. The lowest BCUT2D eigenvalue weighted by Crippen LogP contribution is -2.39. The number of carbonyl (C=O) groups excluding carboxylic acids is 1. The number of aryl methyl sites for hydroxylation is 2. The normalized spacial score (nSPS) is 20.4. The largest absolute Gasteiger partial charge is 0.353 e. The number of hydrogen-bond acceptors (Lipinski definition) is 3. The molecular formula is C20H25N5O. The lowest BCUT2D eigenvalue weighted by Gasteiger charge is -2.29. The van der Waals surface area contributed by atoms with Gasteiger partial charge in [-0.3, -0.25) is 9.48 Å². The van der Waals surface area contributed by atoms with E-state index in [1.165, 1.54) is 5.56 Å². The van der Waals surface area contributed by atoms with E-state index < -0.39 is 0 Å². The molecule has 0 unspecified atom stereocenters. The Morgan fingerprint density at radius 2 is 2.04 bits per heavy atom. The molecule has 1 aliphatic rings. The van der Waals surface area contributed by atoms with Crippen molar-refractivity contribution in [3.8, 4) is 0 Å².